The second-order valence-corrected chi connectivity index (χ2v) is 3.56. The molecule has 84 valence electrons. The van der Waals surface area contributed by atoms with Crippen LogP contribution in [0.3, 0.4) is 0 Å². The first-order valence-electron chi connectivity index (χ1n) is 4.44. The molecule has 0 aliphatic heterocycles. The zero-order chi connectivity index (χ0) is 11.6. The summed E-state index contributed by atoms with van der Waals surface area (Å²) in [4.78, 5) is 17.1. The van der Waals surface area contributed by atoms with Crippen LogP contribution in [-0.2, 0) is 6.42 Å². The molecule has 0 aromatic carbocycles. The van der Waals surface area contributed by atoms with Crippen molar-refractivity contribution < 1.29 is 13.2 Å². The zero-order valence-electron chi connectivity index (χ0n) is 8.35. The standard InChI is InChI=1S/C9H11F3N2O/c1-5(2)7-4-13-6(8(15)14-7)3-9(10,11)12/h4-5H,3H2,1-2H3,(H,14,15). The fraction of sp³-hybridized carbons (Fsp3) is 0.556. The molecule has 0 spiro atoms. The lowest BCUT2D eigenvalue weighted by atomic mass is 10.1. The topological polar surface area (TPSA) is 45.8 Å². The number of rotatable bonds is 2. The third kappa shape index (κ3) is 3.38. The molecule has 1 heterocycles. The number of aromatic amines is 1. The number of halogens is 3. The summed E-state index contributed by atoms with van der Waals surface area (Å²) in [5.74, 6) is 0.0325. The van der Waals surface area contributed by atoms with Crippen molar-refractivity contribution in [2.75, 3.05) is 0 Å². The molecular weight excluding hydrogens is 209 g/mol. The molecule has 1 aromatic heterocycles. The van der Waals surface area contributed by atoms with Crippen molar-refractivity contribution in [2.24, 2.45) is 0 Å². The van der Waals surface area contributed by atoms with E-state index in [0.717, 1.165) is 0 Å². The summed E-state index contributed by atoms with van der Waals surface area (Å²) in [7, 11) is 0. The highest BCUT2D eigenvalue weighted by atomic mass is 19.4. The minimum atomic E-state index is -4.40. The number of nitrogens with zero attached hydrogens (tertiary/aromatic N) is 1. The lowest BCUT2D eigenvalue weighted by molar-refractivity contribution is -0.128. The van der Waals surface area contributed by atoms with Crippen molar-refractivity contribution in [3.05, 3.63) is 27.9 Å². The monoisotopic (exact) mass is 220 g/mol. The van der Waals surface area contributed by atoms with Crippen molar-refractivity contribution in [1.29, 1.82) is 0 Å². The lowest BCUT2D eigenvalue weighted by Crippen LogP contribution is -2.23. The van der Waals surface area contributed by atoms with Crippen molar-refractivity contribution in [3.63, 3.8) is 0 Å². The molecule has 0 saturated carbocycles. The van der Waals surface area contributed by atoms with Crippen LogP contribution in [0, 0.1) is 0 Å². The highest BCUT2D eigenvalue weighted by Gasteiger charge is 2.29. The SMILES string of the molecule is CC(C)c1cnc(CC(F)(F)F)c(=O)[nH]1. The van der Waals surface area contributed by atoms with Gasteiger partial charge in [0.25, 0.3) is 5.56 Å². The number of nitrogens with one attached hydrogen (secondary N) is 1. The number of hydrogen-bond donors (Lipinski definition) is 1. The minimum Gasteiger partial charge on any atom is -0.323 e. The maximum atomic E-state index is 12.0. The largest absolute Gasteiger partial charge is 0.394 e. The van der Waals surface area contributed by atoms with E-state index in [2.05, 4.69) is 9.97 Å². The van der Waals surface area contributed by atoms with Crippen LogP contribution in [0.15, 0.2) is 11.0 Å². The Morgan fingerprint density at radius 1 is 1.47 bits per heavy atom. The van der Waals surface area contributed by atoms with E-state index in [1.807, 2.05) is 13.8 Å². The van der Waals surface area contributed by atoms with E-state index in [1.165, 1.54) is 6.20 Å². The van der Waals surface area contributed by atoms with Crippen LogP contribution >= 0.6 is 0 Å². The number of hydrogen-bond acceptors (Lipinski definition) is 2. The Labute approximate surface area is 84.4 Å². The summed E-state index contributed by atoms with van der Waals surface area (Å²) in [6, 6.07) is 0. The second kappa shape index (κ2) is 4.04. The van der Waals surface area contributed by atoms with E-state index < -0.39 is 23.9 Å². The molecule has 0 aliphatic carbocycles. The van der Waals surface area contributed by atoms with Gasteiger partial charge in [-0.1, -0.05) is 13.8 Å². The van der Waals surface area contributed by atoms with Gasteiger partial charge in [-0.25, -0.2) is 0 Å². The quantitative estimate of drug-likeness (QED) is 0.828. The van der Waals surface area contributed by atoms with Crippen LogP contribution in [0.25, 0.3) is 0 Å². The van der Waals surface area contributed by atoms with Gasteiger partial charge < -0.3 is 4.98 Å². The summed E-state index contributed by atoms with van der Waals surface area (Å²) in [6.07, 6.45) is -4.42. The average Bonchev–Trinajstić information content (AvgIpc) is 2.05. The van der Waals surface area contributed by atoms with Gasteiger partial charge in [0.1, 0.15) is 5.69 Å². The number of H-pyrrole nitrogens is 1. The van der Waals surface area contributed by atoms with Gasteiger partial charge in [0.15, 0.2) is 0 Å². The smallest absolute Gasteiger partial charge is 0.323 e. The molecule has 15 heavy (non-hydrogen) atoms. The van der Waals surface area contributed by atoms with Crippen LogP contribution in [0.2, 0.25) is 0 Å². The fourth-order valence-corrected chi connectivity index (χ4v) is 1.05. The van der Waals surface area contributed by atoms with Gasteiger partial charge in [-0.3, -0.25) is 9.78 Å². The Morgan fingerprint density at radius 2 is 2.07 bits per heavy atom. The van der Waals surface area contributed by atoms with Crippen molar-refractivity contribution >= 4 is 0 Å². The van der Waals surface area contributed by atoms with Gasteiger partial charge in [-0.05, 0) is 5.92 Å². The maximum absolute atomic E-state index is 12.0. The Bertz CT molecular complexity index is 395. The van der Waals surface area contributed by atoms with Gasteiger partial charge in [-0.15, -0.1) is 0 Å². The summed E-state index contributed by atoms with van der Waals surface area (Å²) in [5, 5.41) is 0. The van der Waals surface area contributed by atoms with E-state index >= 15 is 0 Å². The van der Waals surface area contributed by atoms with Crippen molar-refractivity contribution in [2.45, 2.75) is 32.4 Å². The molecule has 1 N–H and O–H groups in total. The Balaban J connectivity index is 2.99. The maximum Gasteiger partial charge on any atom is 0.394 e. The van der Waals surface area contributed by atoms with Crippen LogP contribution in [0.5, 0.6) is 0 Å². The van der Waals surface area contributed by atoms with Crippen LogP contribution in [0.1, 0.15) is 31.2 Å². The van der Waals surface area contributed by atoms with Gasteiger partial charge in [0.2, 0.25) is 0 Å². The van der Waals surface area contributed by atoms with E-state index in [-0.39, 0.29) is 5.92 Å². The molecule has 0 fully saturated rings. The molecule has 0 amide bonds. The third-order valence-corrected chi connectivity index (χ3v) is 1.87. The molecule has 0 saturated heterocycles. The molecule has 3 nitrogen and oxygen atoms in total. The normalized spacial score (nSPS) is 12.1. The van der Waals surface area contributed by atoms with E-state index in [1.54, 1.807) is 0 Å². The third-order valence-electron chi connectivity index (χ3n) is 1.87. The van der Waals surface area contributed by atoms with Gasteiger partial charge >= 0.3 is 6.18 Å². The summed E-state index contributed by atoms with van der Waals surface area (Å²) in [6.45, 7) is 3.63. The predicted molar refractivity (Wildman–Crippen MR) is 48.7 cm³/mol. The Morgan fingerprint density at radius 3 is 2.47 bits per heavy atom. The molecule has 1 rings (SSSR count). The molecule has 0 unspecified atom stereocenters. The molecule has 6 heteroatoms. The van der Waals surface area contributed by atoms with E-state index in [0.29, 0.717) is 5.69 Å². The van der Waals surface area contributed by atoms with E-state index in [9.17, 15) is 18.0 Å². The lowest BCUT2D eigenvalue weighted by Gasteiger charge is -2.07. The Hall–Kier alpha value is -1.33. The first kappa shape index (κ1) is 11.7. The molecule has 0 aliphatic rings. The zero-order valence-corrected chi connectivity index (χ0v) is 8.35. The first-order valence-corrected chi connectivity index (χ1v) is 4.44. The number of aromatic nitrogens is 2. The second-order valence-electron chi connectivity index (χ2n) is 3.56. The predicted octanol–water partition coefficient (Wildman–Crippen LogP) is 2.00. The molecule has 1 aromatic rings. The summed E-state index contributed by atoms with van der Waals surface area (Å²) >= 11 is 0. The summed E-state index contributed by atoms with van der Waals surface area (Å²) in [5.41, 5.74) is -0.726. The number of alkyl halides is 3. The van der Waals surface area contributed by atoms with Gasteiger partial charge in [-0.2, -0.15) is 13.2 Å². The van der Waals surface area contributed by atoms with Gasteiger partial charge in [0, 0.05) is 11.9 Å². The van der Waals surface area contributed by atoms with Gasteiger partial charge in [0.05, 0.1) is 6.42 Å². The Kier molecular flexibility index (Phi) is 3.16. The highest BCUT2D eigenvalue weighted by Crippen LogP contribution is 2.18. The van der Waals surface area contributed by atoms with Crippen LogP contribution < -0.4 is 5.56 Å². The van der Waals surface area contributed by atoms with Crippen molar-refractivity contribution in [3.8, 4) is 0 Å². The van der Waals surface area contributed by atoms with Crippen molar-refractivity contribution in [1.82, 2.24) is 9.97 Å². The first-order chi connectivity index (χ1) is 6.79. The highest BCUT2D eigenvalue weighted by molar-refractivity contribution is 5.07. The minimum absolute atomic E-state index is 0.0325. The van der Waals surface area contributed by atoms with E-state index in [4.69, 9.17) is 0 Å². The fourth-order valence-electron chi connectivity index (χ4n) is 1.05. The molecule has 0 atom stereocenters. The molecular formula is C9H11F3N2O. The average molecular weight is 220 g/mol. The molecule has 0 radical (unpaired) electrons. The molecule has 0 bridgehead atoms. The van der Waals surface area contributed by atoms with Crippen LogP contribution in [0.4, 0.5) is 13.2 Å². The van der Waals surface area contributed by atoms with Crippen LogP contribution in [-0.4, -0.2) is 16.1 Å². The summed E-state index contributed by atoms with van der Waals surface area (Å²) < 4.78 is 36.0.